The van der Waals surface area contributed by atoms with Crippen molar-refractivity contribution in [3.8, 4) is 0 Å². The van der Waals surface area contributed by atoms with Crippen LogP contribution in [0.2, 0.25) is 0 Å². The number of nitrogens with zero attached hydrogens (tertiary/aromatic N) is 2. The number of nitrogens with one attached hydrogen (secondary N) is 2. The lowest BCUT2D eigenvalue weighted by molar-refractivity contribution is -0.116. The standard InChI is InChI=1S/C15H25N5O2/c16-5-4-15(21)19-14-3-2-13(12-18-14)17-6-1-7-20-8-10-22-11-9-20/h2-3,12,17H,1,4-11,16H2,(H,18,19,21). The zero-order valence-corrected chi connectivity index (χ0v) is 12.9. The maximum absolute atomic E-state index is 11.4. The van der Waals surface area contributed by atoms with E-state index in [1.807, 2.05) is 6.07 Å². The Bertz CT molecular complexity index is 446. The SMILES string of the molecule is NCCC(=O)Nc1ccc(NCCCN2CCOCC2)cn1. The summed E-state index contributed by atoms with van der Waals surface area (Å²) >= 11 is 0. The Morgan fingerprint density at radius 1 is 1.36 bits per heavy atom. The summed E-state index contributed by atoms with van der Waals surface area (Å²) in [6.45, 7) is 6.06. The Kier molecular flexibility index (Phi) is 7.08. The lowest BCUT2D eigenvalue weighted by Crippen LogP contribution is -2.37. The monoisotopic (exact) mass is 307 g/mol. The molecule has 0 bridgehead atoms. The zero-order chi connectivity index (χ0) is 15.6. The molecule has 1 aliphatic heterocycles. The van der Waals surface area contributed by atoms with Crippen molar-refractivity contribution >= 4 is 17.4 Å². The smallest absolute Gasteiger partial charge is 0.226 e. The summed E-state index contributed by atoms with van der Waals surface area (Å²) < 4.78 is 5.33. The van der Waals surface area contributed by atoms with Crippen LogP contribution in [0.3, 0.4) is 0 Å². The number of aromatic nitrogens is 1. The van der Waals surface area contributed by atoms with E-state index < -0.39 is 0 Å². The van der Waals surface area contributed by atoms with E-state index in [1.54, 1.807) is 12.3 Å². The van der Waals surface area contributed by atoms with Gasteiger partial charge in [0.05, 0.1) is 25.1 Å². The van der Waals surface area contributed by atoms with E-state index in [9.17, 15) is 4.79 Å². The Labute approximate surface area is 131 Å². The summed E-state index contributed by atoms with van der Waals surface area (Å²) in [5.74, 6) is 0.443. The van der Waals surface area contributed by atoms with Crippen molar-refractivity contribution in [1.29, 1.82) is 0 Å². The summed E-state index contributed by atoms with van der Waals surface area (Å²) in [6, 6.07) is 3.71. The Balaban J connectivity index is 1.64. The van der Waals surface area contributed by atoms with Gasteiger partial charge in [-0.1, -0.05) is 0 Å². The quantitative estimate of drug-likeness (QED) is 0.606. The average molecular weight is 307 g/mol. The largest absolute Gasteiger partial charge is 0.384 e. The molecule has 0 saturated carbocycles. The lowest BCUT2D eigenvalue weighted by Gasteiger charge is -2.26. The molecule has 0 unspecified atom stereocenters. The van der Waals surface area contributed by atoms with E-state index in [0.717, 1.165) is 51.5 Å². The third kappa shape index (κ3) is 5.97. The molecule has 7 heteroatoms. The highest BCUT2D eigenvalue weighted by Crippen LogP contribution is 2.10. The molecule has 7 nitrogen and oxygen atoms in total. The van der Waals surface area contributed by atoms with Gasteiger partial charge < -0.3 is 21.1 Å². The zero-order valence-electron chi connectivity index (χ0n) is 12.9. The first-order valence-electron chi connectivity index (χ1n) is 7.78. The van der Waals surface area contributed by atoms with E-state index in [0.29, 0.717) is 18.8 Å². The van der Waals surface area contributed by atoms with Crippen molar-refractivity contribution in [3.63, 3.8) is 0 Å². The van der Waals surface area contributed by atoms with Gasteiger partial charge in [-0.05, 0) is 25.1 Å². The van der Waals surface area contributed by atoms with E-state index in [-0.39, 0.29) is 5.91 Å². The number of carbonyl (C=O) groups is 1. The number of amides is 1. The second kappa shape index (κ2) is 9.34. The van der Waals surface area contributed by atoms with Gasteiger partial charge in [-0.25, -0.2) is 4.98 Å². The maximum atomic E-state index is 11.4. The number of hydrogen-bond acceptors (Lipinski definition) is 6. The van der Waals surface area contributed by atoms with Crippen LogP contribution in [0, 0.1) is 0 Å². The van der Waals surface area contributed by atoms with Crippen molar-refractivity contribution in [2.24, 2.45) is 5.73 Å². The normalized spacial score (nSPS) is 15.5. The highest BCUT2D eigenvalue weighted by Gasteiger charge is 2.09. The van der Waals surface area contributed by atoms with Crippen LogP contribution < -0.4 is 16.4 Å². The molecule has 0 radical (unpaired) electrons. The number of morpholine rings is 1. The number of rotatable bonds is 8. The first-order chi connectivity index (χ1) is 10.8. The molecule has 1 aromatic rings. The van der Waals surface area contributed by atoms with Crippen LogP contribution in [0.5, 0.6) is 0 Å². The molecule has 2 heterocycles. The number of hydrogen-bond donors (Lipinski definition) is 3. The van der Waals surface area contributed by atoms with E-state index in [1.165, 1.54) is 0 Å². The van der Waals surface area contributed by atoms with Gasteiger partial charge in [0.2, 0.25) is 5.91 Å². The molecule has 22 heavy (non-hydrogen) atoms. The van der Waals surface area contributed by atoms with Crippen LogP contribution in [-0.4, -0.2) is 61.7 Å². The van der Waals surface area contributed by atoms with Crippen molar-refractivity contribution in [2.75, 3.05) is 56.6 Å². The molecular weight excluding hydrogens is 282 g/mol. The molecule has 2 rings (SSSR count). The number of anilines is 2. The third-order valence-electron chi connectivity index (χ3n) is 3.49. The molecule has 0 atom stereocenters. The molecule has 1 aromatic heterocycles. The minimum Gasteiger partial charge on any atom is -0.384 e. The third-order valence-corrected chi connectivity index (χ3v) is 3.49. The molecule has 1 fully saturated rings. The van der Waals surface area contributed by atoms with Gasteiger partial charge in [0, 0.05) is 32.6 Å². The van der Waals surface area contributed by atoms with Crippen molar-refractivity contribution < 1.29 is 9.53 Å². The number of ether oxygens (including phenoxy) is 1. The molecule has 0 aromatic carbocycles. The van der Waals surface area contributed by atoms with Crippen LogP contribution in [-0.2, 0) is 9.53 Å². The van der Waals surface area contributed by atoms with Crippen molar-refractivity contribution in [2.45, 2.75) is 12.8 Å². The molecule has 1 saturated heterocycles. The summed E-state index contributed by atoms with van der Waals surface area (Å²) in [4.78, 5) is 18.0. The lowest BCUT2D eigenvalue weighted by atomic mass is 10.3. The molecule has 1 aliphatic rings. The molecule has 122 valence electrons. The van der Waals surface area contributed by atoms with Crippen molar-refractivity contribution in [3.05, 3.63) is 18.3 Å². The minimum absolute atomic E-state index is 0.110. The average Bonchev–Trinajstić information content (AvgIpc) is 2.54. The van der Waals surface area contributed by atoms with Crippen LogP contribution in [0.1, 0.15) is 12.8 Å². The fourth-order valence-corrected chi connectivity index (χ4v) is 2.27. The molecular formula is C15H25N5O2. The molecule has 0 spiro atoms. The van der Waals surface area contributed by atoms with E-state index in [4.69, 9.17) is 10.5 Å². The number of nitrogens with two attached hydrogens (primary N) is 1. The van der Waals surface area contributed by atoms with Gasteiger partial charge in [0.1, 0.15) is 5.82 Å². The minimum atomic E-state index is -0.110. The van der Waals surface area contributed by atoms with E-state index >= 15 is 0 Å². The first-order valence-corrected chi connectivity index (χ1v) is 7.78. The maximum Gasteiger partial charge on any atom is 0.226 e. The second-order valence-electron chi connectivity index (χ2n) is 5.25. The van der Waals surface area contributed by atoms with Crippen LogP contribution in [0.25, 0.3) is 0 Å². The Hall–Kier alpha value is -1.70. The van der Waals surface area contributed by atoms with Gasteiger partial charge in [0.15, 0.2) is 0 Å². The fraction of sp³-hybridized carbons (Fsp3) is 0.600. The van der Waals surface area contributed by atoms with Crippen LogP contribution in [0.15, 0.2) is 18.3 Å². The number of pyridine rings is 1. The number of carbonyl (C=O) groups excluding carboxylic acids is 1. The second-order valence-corrected chi connectivity index (χ2v) is 5.25. The molecule has 1 amide bonds. The van der Waals surface area contributed by atoms with Crippen LogP contribution >= 0.6 is 0 Å². The van der Waals surface area contributed by atoms with Gasteiger partial charge in [-0.2, -0.15) is 0 Å². The van der Waals surface area contributed by atoms with Gasteiger partial charge in [0.25, 0.3) is 0 Å². The predicted octanol–water partition coefficient (Wildman–Crippen LogP) is 0.503. The van der Waals surface area contributed by atoms with Crippen molar-refractivity contribution in [1.82, 2.24) is 9.88 Å². The summed E-state index contributed by atoms with van der Waals surface area (Å²) in [6.07, 6.45) is 3.12. The summed E-state index contributed by atoms with van der Waals surface area (Å²) in [7, 11) is 0. The van der Waals surface area contributed by atoms with Crippen LogP contribution in [0.4, 0.5) is 11.5 Å². The van der Waals surface area contributed by atoms with Gasteiger partial charge in [-0.3, -0.25) is 9.69 Å². The molecule has 4 N–H and O–H groups in total. The van der Waals surface area contributed by atoms with Gasteiger partial charge in [-0.15, -0.1) is 0 Å². The summed E-state index contributed by atoms with van der Waals surface area (Å²) in [5, 5.41) is 6.04. The topological polar surface area (TPSA) is 92.5 Å². The Morgan fingerprint density at radius 3 is 2.86 bits per heavy atom. The molecule has 0 aliphatic carbocycles. The van der Waals surface area contributed by atoms with Gasteiger partial charge >= 0.3 is 0 Å². The Morgan fingerprint density at radius 2 is 2.18 bits per heavy atom. The fourth-order valence-electron chi connectivity index (χ4n) is 2.27. The van der Waals surface area contributed by atoms with E-state index in [2.05, 4.69) is 20.5 Å². The predicted molar refractivity (Wildman–Crippen MR) is 86.9 cm³/mol. The summed E-state index contributed by atoms with van der Waals surface area (Å²) in [5.41, 5.74) is 6.28. The first kappa shape index (κ1) is 16.7. The highest BCUT2D eigenvalue weighted by atomic mass is 16.5. The highest BCUT2D eigenvalue weighted by molar-refractivity contribution is 5.89.